The predicted molar refractivity (Wildman–Crippen MR) is 74.5 cm³/mol. The first kappa shape index (κ1) is 13.4. The molecule has 0 radical (unpaired) electrons. The number of nitrogens with zero attached hydrogens (tertiary/aromatic N) is 1. The molecular formula is C16H19NO2. The number of rotatable bonds is 5. The summed E-state index contributed by atoms with van der Waals surface area (Å²) in [7, 11) is 0. The molecule has 1 amide bonds. The highest BCUT2D eigenvalue weighted by atomic mass is 16.3. The molecular weight excluding hydrogens is 238 g/mol. The maximum absolute atomic E-state index is 12.3. The minimum Gasteiger partial charge on any atom is -0.469 e. The Bertz CT molecular complexity index is 503. The summed E-state index contributed by atoms with van der Waals surface area (Å²) in [4.78, 5) is 14.2. The number of furan rings is 1. The third kappa shape index (κ3) is 3.71. The zero-order chi connectivity index (χ0) is 13.7. The van der Waals surface area contributed by atoms with Gasteiger partial charge in [0.25, 0.3) is 0 Å². The van der Waals surface area contributed by atoms with Crippen molar-refractivity contribution in [2.75, 3.05) is 0 Å². The lowest BCUT2D eigenvalue weighted by Gasteiger charge is -2.26. The monoisotopic (exact) mass is 257 g/mol. The zero-order valence-electron chi connectivity index (χ0n) is 11.4. The predicted octanol–water partition coefficient (Wildman–Crippen LogP) is 3.26. The number of carbonyl (C=O) groups excluding carboxylic acids is 1. The Hall–Kier alpha value is -2.03. The maximum atomic E-state index is 12.3. The zero-order valence-corrected chi connectivity index (χ0v) is 11.4. The molecule has 1 aromatic carbocycles. The molecule has 2 rings (SSSR count). The molecule has 0 saturated carbocycles. The van der Waals surface area contributed by atoms with Gasteiger partial charge in [-0.15, -0.1) is 0 Å². The fourth-order valence-electron chi connectivity index (χ4n) is 2.00. The van der Waals surface area contributed by atoms with Gasteiger partial charge in [-0.05, 0) is 31.5 Å². The molecule has 2 aromatic rings. The van der Waals surface area contributed by atoms with Crippen molar-refractivity contribution in [3.05, 3.63) is 60.1 Å². The van der Waals surface area contributed by atoms with Gasteiger partial charge in [0, 0.05) is 12.6 Å². The Morgan fingerprint density at radius 2 is 1.89 bits per heavy atom. The van der Waals surface area contributed by atoms with Crippen LogP contribution >= 0.6 is 0 Å². The van der Waals surface area contributed by atoms with Crippen LogP contribution in [0.1, 0.15) is 25.2 Å². The highest BCUT2D eigenvalue weighted by Crippen LogP contribution is 2.11. The van der Waals surface area contributed by atoms with Gasteiger partial charge in [-0.2, -0.15) is 0 Å². The summed E-state index contributed by atoms with van der Waals surface area (Å²) in [5, 5.41) is 0. The molecule has 0 aliphatic carbocycles. The van der Waals surface area contributed by atoms with E-state index in [1.54, 1.807) is 12.3 Å². The minimum absolute atomic E-state index is 0.0915. The van der Waals surface area contributed by atoms with Gasteiger partial charge in [-0.3, -0.25) is 4.79 Å². The van der Waals surface area contributed by atoms with Crippen LogP contribution in [0.2, 0.25) is 0 Å². The van der Waals surface area contributed by atoms with Gasteiger partial charge in [-0.25, -0.2) is 0 Å². The second-order valence-corrected chi connectivity index (χ2v) is 4.86. The van der Waals surface area contributed by atoms with Crippen LogP contribution < -0.4 is 0 Å². The van der Waals surface area contributed by atoms with Crippen LogP contribution in [0.15, 0.2) is 53.1 Å². The van der Waals surface area contributed by atoms with Crippen molar-refractivity contribution in [3.63, 3.8) is 0 Å². The summed E-state index contributed by atoms with van der Waals surface area (Å²) in [5.41, 5.74) is 1.14. The molecule has 3 nitrogen and oxygen atoms in total. The van der Waals surface area contributed by atoms with E-state index >= 15 is 0 Å². The van der Waals surface area contributed by atoms with E-state index in [-0.39, 0.29) is 11.9 Å². The molecule has 3 heteroatoms. The fourth-order valence-corrected chi connectivity index (χ4v) is 2.00. The van der Waals surface area contributed by atoms with Gasteiger partial charge in [0.1, 0.15) is 5.76 Å². The topological polar surface area (TPSA) is 33.5 Å². The highest BCUT2D eigenvalue weighted by Gasteiger charge is 2.18. The van der Waals surface area contributed by atoms with E-state index in [1.165, 1.54) is 0 Å². The maximum Gasteiger partial charge on any atom is 0.230 e. The van der Waals surface area contributed by atoms with E-state index < -0.39 is 0 Å². The molecule has 1 aromatic heterocycles. The smallest absolute Gasteiger partial charge is 0.230 e. The van der Waals surface area contributed by atoms with Crippen LogP contribution in [0.4, 0.5) is 0 Å². The van der Waals surface area contributed by atoms with Crippen molar-refractivity contribution in [2.45, 2.75) is 32.9 Å². The summed E-state index contributed by atoms with van der Waals surface area (Å²) >= 11 is 0. The number of benzene rings is 1. The van der Waals surface area contributed by atoms with E-state index in [9.17, 15) is 4.79 Å². The first-order valence-electron chi connectivity index (χ1n) is 6.52. The Kier molecular flexibility index (Phi) is 4.39. The summed E-state index contributed by atoms with van der Waals surface area (Å²) in [6, 6.07) is 13.8. The number of amides is 1. The van der Waals surface area contributed by atoms with Gasteiger partial charge in [0.2, 0.25) is 5.91 Å². The lowest BCUT2D eigenvalue weighted by molar-refractivity contribution is -0.133. The standard InChI is InChI=1S/C16H19NO2/c1-13(2)17(12-14-7-4-3-5-8-14)16(18)11-15-9-6-10-19-15/h3-10,13H,11-12H2,1-2H3. The molecule has 0 unspecified atom stereocenters. The lowest BCUT2D eigenvalue weighted by atomic mass is 10.1. The molecule has 0 fully saturated rings. The van der Waals surface area contributed by atoms with Crippen molar-refractivity contribution < 1.29 is 9.21 Å². The summed E-state index contributed by atoms with van der Waals surface area (Å²) in [6.45, 7) is 4.70. The molecule has 19 heavy (non-hydrogen) atoms. The SMILES string of the molecule is CC(C)N(Cc1ccccc1)C(=O)Cc1ccco1. The average Bonchev–Trinajstić information content (AvgIpc) is 2.89. The van der Waals surface area contributed by atoms with Crippen molar-refractivity contribution in [1.82, 2.24) is 4.90 Å². The number of hydrogen-bond donors (Lipinski definition) is 0. The summed E-state index contributed by atoms with van der Waals surface area (Å²) < 4.78 is 5.24. The largest absolute Gasteiger partial charge is 0.469 e. The lowest BCUT2D eigenvalue weighted by Crippen LogP contribution is -2.37. The normalized spacial score (nSPS) is 10.7. The Balaban J connectivity index is 2.05. The van der Waals surface area contributed by atoms with Crippen molar-refractivity contribution in [2.24, 2.45) is 0 Å². The van der Waals surface area contributed by atoms with E-state index in [0.717, 1.165) is 5.56 Å². The van der Waals surface area contributed by atoms with Crippen molar-refractivity contribution in [3.8, 4) is 0 Å². The Morgan fingerprint density at radius 1 is 1.16 bits per heavy atom. The Labute approximate surface area is 113 Å². The van der Waals surface area contributed by atoms with Crippen LogP contribution in [-0.4, -0.2) is 16.8 Å². The van der Waals surface area contributed by atoms with E-state index in [2.05, 4.69) is 0 Å². The van der Waals surface area contributed by atoms with Crippen LogP contribution in [0.3, 0.4) is 0 Å². The van der Waals surface area contributed by atoms with E-state index in [4.69, 9.17) is 4.42 Å². The van der Waals surface area contributed by atoms with Gasteiger partial charge in [0.05, 0.1) is 12.7 Å². The quantitative estimate of drug-likeness (QED) is 0.823. The van der Waals surface area contributed by atoms with E-state index in [0.29, 0.717) is 18.7 Å². The van der Waals surface area contributed by atoms with Gasteiger partial charge in [0.15, 0.2) is 0 Å². The highest BCUT2D eigenvalue weighted by molar-refractivity contribution is 5.78. The molecule has 0 spiro atoms. The van der Waals surface area contributed by atoms with E-state index in [1.807, 2.05) is 55.1 Å². The number of carbonyl (C=O) groups is 1. The third-order valence-electron chi connectivity index (χ3n) is 3.04. The Morgan fingerprint density at radius 3 is 2.47 bits per heavy atom. The molecule has 0 aliphatic rings. The van der Waals surface area contributed by atoms with Crippen molar-refractivity contribution in [1.29, 1.82) is 0 Å². The van der Waals surface area contributed by atoms with Crippen LogP contribution in [0.25, 0.3) is 0 Å². The minimum atomic E-state index is 0.0915. The van der Waals surface area contributed by atoms with Crippen LogP contribution in [0.5, 0.6) is 0 Å². The van der Waals surface area contributed by atoms with Gasteiger partial charge < -0.3 is 9.32 Å². The molecule has 0 saturated heterocycles. The fraction of sp³-hybridized carbons (Fsp3) is 0.312. The van der Waals surface area contributed by atoms with Crippen LogP contribution in [-0.2, 0) is 17.8 Å². The summed E-state index contributed by atoms with van der Waals surface area (Å²) in [6.07, 6.45) is 1.91. The second-order valence-electron chi connectivity index (χ2n) is 4.86. The molecule has 0 bridgehead atoms. The summed E-state index contributed by atoms with van der Waals surface area (Å²) in [5.74, 6) is 0.803. The second kappa shape index (κ2) is 6.23. The molecule has 0 N–H and O–H groups in total. The average molecular weight is 257 g/mol. The first-order valence-corrected chi connectivity index (χ1v) is 6.52. The molecule has 100 valence electrons. The van der Waals surface area contributed by atoms with Gasteiger partial charge in [-0.1, -0.05) is 30.3 Å². The van der Waals surface area contributed by atoms with Crippen LogP contribution in [0, 0.1) is 0 Å². The molecule has 0 atom stereocenters. The molecule has 1 heterocycles. The number of hydrogen-bond acceptors (Lipinski definition) is 2. The van der Waals surface area contributed by atoms with Gasteiger partial charge >= 0.3 is 0 Å². The third-order valence-corrected chi connectivity index (χ3v) is 3.04. The van der Waals surface area contributed by atoms with Crippen molar-refractivity contribution >= 4 is 5.91 Å². The first-order chi connectivity index (χ1) is 9.16. The molecule has 0 aliphatic heterocycles.